The van der Waals surface area contributed by atoms with Gasteiger partial charge in [-0.25, -0.2) is 9.78 Å². The average Bonchev–Trinajstić information content (AvgIpc) is 3.22. The van der Waals surface area contributed by atoms with Crippen molar-refractivity contribution < 1.29 is 29.4 Å². The molecule has 2 aliphatic rings. The third-order valence-electron chi connectivity index (χ3n) is 4.98. The fourth-order valence-corrected chi connectivity index (χ4v) is 5.82. The van der Waals surface area contributed by atoms with Gasteiger partial charge in [0.15, 0.2) is 0 Å². The van der Waals surface area contributed by atoms with Gasteiger partial charge >= 0.3 is 11.9 Å². The molecular formula is C20H19N5O6S2. The summed E-state index contributed by atoms with van der Waals surface area (Å²) in [6, 6.07) is 8.35. The number of nitrogens with one attached hydrogen (secondary N) is 2. The second kappa shape index (κ2) is 9.67. The Bertz CT molecular complexity index is 1130. The van der Waals surface area contributed by atoms with Gasteiger partial charge in [0, 0.05) is 11.5 Å². The highest BCUT2D eigenvalue weighted by atomic mass is 32.2. The van der Waals surface area contributed by atoms with E-state index in [1.165, 1.54) is 16.7 Å². The van der Waals surface area contributed by atoms with Gasteiger partial charge in [-0.2, -0.15) is 0 Å². The fraction of sp³-hybridized carbons (Fsp3) is 0.300. The van der Waals surface area contributed by atoms with Crippen LogP contribution >= 0.6 is 23.5 Å². The number of fused-ring (bicyclic) bond motifs is 1. The van der Waals surface area contributed by atoms with Gasteiger partial charge in [0.25, 0.3) is 5.91 Å². The first-order chi connectivity index (χ1) is 15.8. The number of carbonyl (C=O) groups excluding carboxylic acids is 2. The molecule has 3 heterocycles. The van der Waals surface area contributed by atoms with Crippen molar-refractivity contribution in [3.8, 4) is 0 Å². The van der Waals surface area contributed by atoms with E-state index in [9.17, 15) is 24.3 Å². The number of amides is 2. The highest BCUT2D eigenvalue weighted by Crippen LogP contribution is 2.41. The van der Waals surface area contributed by atoms with E-state index in [4.69, 9.17) is 5.11 Å². The molecule has 33 heavy (non-hydrogen) atoms. The first-order valence-corrected chi connectivity index (χ1v) is 11.9. The number of carboxylic acids is 2. The molecule has 0 bridgehead atoms. The predicted octanol–water partition coefficient (Wildman–Crippen LogP) is 0.505. The molecule has 2 atom stereocenters. The van der Waals surface area contributed by atoms with Crippen LogP contribution in [0.15, 0.2) is 46.8 Å². The number of rotatable bonds is 9. The van der Waals surface area contributed by atoms with Crippen LogP contribution in [-0.4, -0.2) is 77.0 Å². The molecule has 1 fully saturated rings. The molecule has 0 saturated carbocycles. The number of aromatic amines is 1. The Hall–Kier alpha value is -3.32. The number of aliphatic carboxylic acids is 2. The Balaban J connectivity index is 1.41. The van der Waals surface area contributed by atoms with Crippen molar-refractivity contribution in [2.45, 2.75) is 29.4 Å². The number of benzene rings is 1. The quantitative estimate of drug-likeness (QED) is 0.288. The molecule has 0 aliphatic carbocycles. The maximum atomic E-state index is 12.7. The molecule has 2 aromatic rings. The Labute approximate surface area is 196 Å². The zero-order valence-corrected chi connectivity index (χ0v) is 18.7. The lowest BCUT2D eigenvalue weighted by molar-refractivity contribution is -0.150. The van der Waals surface area contributed by atoms with E-state index < -0.39 is 29.3 Å². The lowest BCUT2D eigenvalue weighted by atomic mass is 10.0. The van der Waals surface area contributed by atoms with Gasteiger partial charge in [-0.3, -0.25) is 24.4 Å². The molecule has 172 valence electrons. The largest absolute Gasteiger partial charge is 0.481 e. The monoisotopic (exact) mass is 489 g/mol. The minimum atomic E-state index is -1.22. The molecule has 11 nitrogen and oxygen atoms in total. The van der Waals surface area contributed by atoms with Crippen molar-refractivity contribution in [3.63, 3.8) is 0 Å². The maximum Gasteiger partial charge on any atom is 0.352 e. The van der Waals surface area contributed by atoms with Crippen LogP contribution in [0, 0.1) is 0 Å². The fourth-order valence-electron chi connectivity index (χ4n) is 3.52. The Kier molecular flexibility index (Phi) is 6.70. The van der Waals surface area contributed by atoms with Gasteiger partial charge in [-0.15, -0.1) is 16.9 Å². The summed E-state index contributed by atoms with van der Waals surface area (Å²) in [5.41, 5.74) is 1.26. The van der Waals surface area contributed by atoms with Crippen LogP contribution in [0.3, 0.4) is 0 Å². The third-order valence-corrected chi connectivity index (χ3v) is 7.25. The number of carbonyl (C=O) groups is 4. The molecule has 2 aliphatic heterocycles. The molecule has 1 saturated heterocycles. The van der Waals surface area contributed by atoms with E-state index in [0.717, 1.165) is 17.3 Å². The molecule has 0 radical (unpaired) electrons. The summed E-state index contributed by atoms with van der Waals surface area (Å²) in [6.45, 7) is 0. The van der Waals surface area contributed by atoms with E-state index in [2.05, 4.69) is 20.5 Å². The first kappa shape index (κ1) is 22.9. The number of β-lactam (4-membered cyclic amide) rings is 1. The number of hydrogen-bond acceptors (Lipinski definition) is 8. The standard InChI is InChI=1S/C20H19N5O6S2/c26-13(6-10-4-2-1-3-5-10)22-15-17(29)25-16(19(30)31)11(8-32-18(15)25)9-33-20-21-12(23-24-20)7-14(27)28/h1-5,15,18H,6-9H2,(H,22,26)(H,27,28)(H,30,31)(H,21,23,24)/t15?,18-/m0/s1. The van der Waals surface area contributed by atoms with Gasteiger partial charge < -0.3 is 15.5 Å². The summed E-state index contributed by atoms with van der Waals surface area (Å²) in [6.07, 6.45) is -0.167. The smallest absolute Gasteiger partial charge is 0.352 e. The minimum Gasteiger partial charge on any atom is -0.481 e. The van der Waals surface area contributed by atoms with E-state index in [-0.39, 0.29) is 41.2 Å². The zero-order valence-electron chi connectivity index (χ0n) is 17.1. The van der Waals surface area contributed by atoms with Gasteiger partial charge in [-0.05, 0) is 11.1 Å². The van der Waals surface area contributed by atoms with E-state index in [0.29, 0.717) is 11.3 Å². The van der Waals surface area contributed by atoms with Crippen molar-refractivity contribution in [2.24, 2.45) is 0 Å². The molecule has 1 aromatic carbocycles. The topological polar surface area (TPSA) is 166 Å². The third kappa shape index (κ3) is 5.03. The highest BCUT2D eigenvalue weighted by Gasteiger charge is 2.54. The molecule has 1 unspecified atom stereocenters. The van der Waals surface area contributed by atoms with Crippen LogP contribution in [-0.2, 0) is 32.0 Å². The van der Waals surface area contributed by atoms with Gasteiger partial charge in [-0.1, -0.05) is 42.1 Å². The Morgan fingerprint density at radius 3 is 2.67 bits per heavy atom. The van der Waals surface area contributed by atoms with Crippen molar-refractivity contribution in [2.75, 3.05) is 11.5 Å². The average molecular weight is 490 g/mol. The van der Waals surface area contributed by atoms with Crippen LogP contribution in [0.2, 0.25) is 0 Å². The maximum absolute atomic E-state index is 12.7. The Morgan fingerprint density at radius 1 is 1.21 bits per heavy atom. The lowest BCUT2D eigenvalue weighted by Crippen LogP contribution is -2.70. The number of H-pyrrole nitrogens is 1. The molecular weight excluding hydrogens is 470 g/mol. The summed E-state index contributed by atoms with van der Waals surface area (Å²) in [7, 11) is 0. The number of thioether (sulfide) groups is 2. The summed E-state index contributed by atoms with van der Waals surface area (Å²) < 4.78 is 0. The predicted molar refractivity (Wildman–Crippen MR) is 118 cm³/mol. The van der Waals surface area contributed by atoms with Gasteiger partial charge in [0.05, 0.1) is 6.42 Å². The van der Waals surface area contributed by atoms with Crippen LogP contribution in [0.25, 0.3) is 0 Å². The molecule has 4 N–H and O–H groups in total. The van der Waals surface area contributed by atoms with Crippen LogP contribution in [0.1, 0.15) is 11.4 Å². The van der Waals surface area contributed by atoms with Crippen LogP contribution < -0.4 is 5.32 Å². The van der Waals surface area contributed by atoms with E-state index in [1.807, 2.05) is 30.3 Å². The number of carboxylic acid groups (broad SMARTS) is 2. The highest BCUT2D eigenvalue weighted by molar-refractivity contribution is 8.01. The van der Waals surface area contributed by atoms with E-state index in [1.54, 1.807) is 0 Å². The number of nitrogens with zero attached hydrogens (tertiary/aromatic N) is 3. The number of aromatic nitrogens is 3. The molecule has 4 rings (SSSR count). The summed E-state index contributed by atoms with van der Waals surface area (Å²) in [4.78, 5) is 53.1. The normalized spacial score (nSPS) is 19.6. The van der Waals surface area contributed by atoms with Gasteiger partial charge in [0.1, 0.15) is 29.4 Å². The molecule has 1 aromatic heterocycles. The van der Waals surface area contributed by atoms with Crippen molar-refractivity contribution in [1.82, 2.24) is 25.4 Å². The van der Waals surface area contributed by atoms with E-state index >= 15 is 0 Å². The van der Waals surface area contributed by atoms with Crippen molar-refractivity contribution >= 4 is 47.3 Å². The first-order valence-electron chi connectivity index (χ1n) is 9.82. The minimum absolute atomic E-state index is 0.0916. The number of hydrogen-bond donors (Lipinski definition) is 4. The SMILES string of the molecule is O=C(O)Cc1nc(SCC2=C(C(=O)O)N3C(=O)C(NC(=O)Cc4ccccc4)[C@@H]3SC2)n[nH]1. The summed E-state index contributed by atoms with van der Waals surface area (Å²) in [5, 5.41) is 27.5. The van der Waals surface area contributed by atoms with Crippen LogP contribution in [0.4, 0.5) is 0 Å². The Morgan fingerprint density at radius 2 is 1.97 bits per heavy atom. The molecule has 2 amide bonds. The summed E-state index contributed by atoms with van der Waals surface area (Å²) in [5.74, 6) is -2.25. The second-order valence-electron chi connectivity index (χ2n) is 7.30. The van der Waals surface area contributed by atoms with Crippen LogP contribution in [0.5, 0.6) is 0 Å². The van der Waals surface area contributed by atoms with Gasteiger partial charge in [0.2, 0.25) is 11.1 Å². The molecule has 0 spiro atoms. The molecule has 13 heteroatoms. The summed E-state index contributed by atoms with van der Waals surface area (Å²) >= 11 is 2.53. The zero-order chi connectivity index (χ0) is 23.5. The lowest BCUT2D eigenvalue weighted by Gasteiger charge is -2.49. The second-order valence-corrected chi connectivity index (χ2v) is 9.35. The van der Waals surface area contributed by atoms with Crippen molar-refractivity contribution in [1.29, 1.82) is 0 Å². The van der Waals surface area contributed by atoms with Crippen molar-refractivity contribution in [3.05, 3.63) is 53.0 Å².